The van der Waals surface area contributed by atoms with E-state index in [1.54, 1.807) is 11.8 Å². The molecule has 0 radical (unpaired) electrons. The smallest absolute Gasteiger partial charge is 0.119 e. The Balaban J connectivity index is 1.75. The molecule has 0 heterocycles. The molecule has 112 valence electrons. The largest absolute Gasteiger partial charge is 0.494 e. The molecule has 0 fully saturated rings. The van der Waals surface area contributed by atoms with Crippen molar-refractivity contribution in [2.75, 3.05) is 18.1 Å². The van der Waals surface area contributed by atoms with Crippen molar-refractivity contribution >= 4 is 17.4 Å². The molecule has 0 aliphatic rings. The van der Waals surface area contributed by atoms with Crippen molar-refractivity contribution in [1.29, 1.82) is 0 Å². The van der Waals surface area contributed by atoms with Gasteiger partial charge in [-0.15, -0.1) is 11.8 Å². The number of nitrogens with two attached hydrogens (primary N) is 1. The van der Waals surface area contributed by atoms with Gasteiger partial charge in [-0.05, 0) is 68.1 Å². The molecule has 3 heteroatoms. The van der Waals surface area contributed by atoms with Gasteiger partial charge in [-0.2, -0.15) is 0 Å². The van der Waals surface area contributed by atoms with E-state index in [4.69, 9.17) is 10.5 Å². The van der Waals surface area contributed by atoms with Crippen LogP contribution in [0.2, 0.25) is 0 Å². The van der Waals surface area contributed by atoms with Crippen molar-refractivity contribution in [1.82, 2.24) is 0 Å². The Morgan fingerprint density at radius 1 is 1.00 bits per heavy atom. The van der Waals surface area contributed by atoms with E-state index < -0.39 is 0 Å². The maximum absolute atomic E-state index is 5.97. The summed E-state index contributed by atoms with van der Waals surface area (Å²) in [4.78, 5) is 1.17. The number of thioether (sulfide) groups is 1. The van der Waals surface area contributed by atoms with E-state index in [-0.39, 0.29) is 0 Å². The Bertz CT molecular complexity index is 610. The predicted octanol–water partition coefficient (Wildman–Crippen LogP) is 4.76. The molecule has 2 rings (SSSR count). The molecule has 2 nitrogen and oxygen atoms in total. The Kier molecular flexibility index (Phi) is 5.57. The van der Waals surface area contributed by atoms with E-state index in [0.717, 1.165) is 30.2 Å². The summed E-state index contributed by atoms with van der Waals surface area (Å²) in [5.74, 6) is 1.97. The second-order valence-corrected chi connectivity index (χ2v) is 6.47. The average molecular weight is 301 g/mol. The molecular formula is C18H23NOS. The maximum atomic E-state index is 5.97. The summed E-state index contributed by atoms with van der Waals surface area (Å²) in [5, 5.41) is 0. The predicted molar refractivity (Wildman–Crippen MR) is 92.3 cm³/mol. The standard InChI is InChI=1S/C18H23NOS/c1-13-5-8-17(19)18(11-13)21-10-4-9-20-16-7-6-14(2)15(3)12-16/h5-8,11-12H,4,9-10,19H2,1-3H3. The summed E-state index contributed by atoms with van der Waals surface area (Å²) < 4.78 is 5.79. The van der Waals surface area contributed by atoms with Gasteiger partial charge in [0, 0.05) is 16.3 Å². The van der Waals surface area contributed by atoms with Gasteiger partial charge in [-0.3, -0.25) is 0 Å². The monoisotopic (exact) mass is 301 g/mol. The number of hydrogen-bond donors (Lipinski definition) is 1. The van der Waals surface area contributed by atoms with Gasteiger partial charge in [-0.25, -0.2) is 0 Å². The zero-order valence-corrected chi connectivity index (χ0v) is 13.8. The topological polar surface area (TPSA) is 35.2 Å². The summed E-state index contributed by atoms with van der Waals surface area (Å²) in [5.41, 5.74) is 10.7. The third kappa shape index (κ3) is 4.71. The number of ether oxygens (including phenoxy) is 1. The van der Waals surface area contributed by atoms with Gasteiger partial charge in [0.2, 0.25) is 0 Å². The van der Waals surface area contributed by atoms with Gasteiger partial charge in [0.25, 0.3) is 0 Å². The maximum Gasteiger partial charge on any atom is 0.119 e. The highest BCUT2D eigenvalue weighted by Crippen LogP contribution is 2.26. The Morgan fingerprint density at radius 2 is 1.81 bits per heavy atom. The van der Waals surface area contributed by atoms with Crippen molar-refractivity contribution in [2.45, 2.75) is 32.1 Å². The van der Waals surface area contributed by atoms with Crippen molar-refractivity contribution in [3.63, 3.8) is 0 Å². The minimum Gasteiger partial charge on any atom is -0.494 e. The Hall–Kier alpha value is -1.61. The van der Waals surface area contributed by atoms with Crippen LogP contribution in [0.4, 0.5) is 5.69 Å². The molecule has 2 N–H and O–H groups in total. The van der Waals surface area contributed by atoms with Crippen LogP contribution in [0, 0.1) is 20.8 Å². The van der Waals surface area contributed by atoms with E-state index >= 15 is 0 Å². The molecule has 0 spiro atoms. The fraction of sp³-hybridized carbons (Fsp3) is 0.333. The number of benzene rings is 2. The first-order valence-electron chi connectivity index (χ1n) is 7.25. The fourth-order valence-electron chi connectivity index (χ4n) is 2.00. The van der Waals surface area contributed by atoms with Crippen LogP contribution in [0.5, 0.6) is 5.75 Å². The van der Waals surface area contributed by atoms with Crippen LogP contribution in [0.25, 0.3) is 0 Å². The van der Waals surface area contributed by atoms with Crippen molar-refractivity contribution < 1.29 is 4.74 Å². The molecule has 0 bridgehead atoms. The average Bonchev–Trinajstić information content (AvgIpc) is 2.46. The SMILES string of the molecule is Cc1ccc(N)c(SCCCOc2ccc(C)c(C)c2)c1. The molecule has 0 saturated carbocycles. The first kappa shape index (κ1) is 15.8. The van der Waals surface area contributed by atoms with E-state index in [1.807, 2.05) is 18.2 Å². The molecule has 0 saturated heterocycles. The van der Waals surface area contributed by atoms with Gasteiger partial charge >= 0.3 is 0 Å². The fourth-order valence-corrected chi connectivity index (χ4v) is 2.99. The third-order valence-corrected chi connectivity index (χ3v) is 4.62. The number of anilines is 1. The molecule has 0 aliphatic heterocycles. The van der Waals surface area contributed by atoms with Crippen molar-refractivity contribution in [3.8, 4) is 5.75 Å². The minimum atomic E-state index is 0.737. The molecule has 0 aliphatic carbocycles. The molecular weight excluding hydrogens is 278 g/mol. The summed E-state index contributed by atoms with van der Waals surface area (Å²) in [6.45, 7) is 7.05. The first-order valence-corrected chi connectivity index (χ1v) is 8.24. The second kappa shape index (κ2) is 7.41. The Morgan fingerprint density at radius 3 is 2.57 bits per heavy atom. The normalized spacial score (nSPS) is 10.6. The zero-order chi connectivity index (χ0) is 15.2. The lowest BCUT2D eigenvalue weighted by Gasteiger charge is -2.09. The van der Waals surface area contributed by atoms with Crippen molar-refractivity contribution in [3.05, 3.63) is 53.1 Å². The van der Waals surface area contributed by atoms with E-state index in [2.05, 4.69) is 39.0 Å². The third-order valence-electron chi connectivity index (χ3n) is 3.46. The molecule has 2 aromatic rings. The van der Waals surface area contributed by atoms with Crippen LogP contribution in [-0.4, -0.2) is 12.4 Å². The van der Waals surface area contributed by atoms with Gasteiger partial charge in [0.1, 0.15) is 5.75 Å². The summed E-state index contributed by atoms with van der Waals surface area (Å²) in [6.07, 6.45) is 1.00. The lowest BCUT2D eigenvalue weighted by Crippen LogP contribution is -1.99. The summed E-state index contributed by atoms with van der Waals surface area (Å²) in [7, 11) is 0. The Labute approximate surface area is 131 Å². The highest BCUT2D eigenvalue weighted by molar-refractivity contribution is 7.99. The first-order chi connectivity index (χ1) is 10.1. The summed E-state index contributed by atoms with van der Waals surface area (Å²) in [6, 6.07) is 12.4. The minimum absolute atomic E-state index is 0.737. The summed E-state index contributed by atoms with van der Waals surface area (Å²) >= 11 is 1.80. The van der Waals surface area contributed by atoms with Crippen molar-refractivity contribution in [2.24, 2.45) is 0 Å². The molecule has 0 atom stereocenters. The number of rotatable bonds is 6. The van der Waals surface area contributed by atoms with Crippen LogP contribution < -0.4 is 10.5 Å². The van der Waals surface area contributed by atoms with E-state index in [0.29, 0.717) is 0 Å². The molecule has 0 amide bonds. The molecule has 0 unspecified atom stereocenters. The van der Waals surface area contributed by atoms with Gasteiger partial charge in [0.15, 0.2) is 0 Å². The molecule has 2 aromatic carbocycles. The highest BCUT2D eigenvalue weighted by atomic mass is 32.2. The van der Waals surface area contributed by atoms with E-state index in [1.165, 1.54) is 21.6 Å². The van der Waals surface area contributed by atoms with Gasteiger partial charge < -0.3 is 10.5 Å². The number of hydrogen-bond acceptors (Lipinski definition) is 3. The zero-order valence-electron chi connectivity index (χ0n) is 13.0. The van der Waals surface area contributed by atoms with Crippen LogP contribution in [-0.2, 0) is 0 Å². The van der Waals surface area contributed by atoms with Crippen LogP contribution in [0.3, 0.4) is 0 Å². The van der Waals surface area contributed by atoms with Crippen LogP contribution >= 0.6 is 11.8 Å². The lowest BCUT2D eigenvalue weighted by atomic mass is 10.1. The molecule has 0 aromatic heterocycles. The van der Waals surface area contributed by atoms with Crippen LogP contribution in [0.15, 0.2) is 41.3 Å². The van der Waals surface area contributed by atoms with E-state index in [9.17, 15) is 0 Å². The molecule has 21 heavy (non-hydrogen) atoms. The second-order valence-electron chi connectivity index (χ2n) is 5.34. The quantitative estimate of drug-likeness (QED) is 0.475. The number of aryl methyl sites for hydroxylation is 3. The van der Waals surface area contributed by atoms with Gasteiger partial charge in [0.05, 0.1) is 6.61 Å². The highest BCUT2D eigenvalue weighted by Gasteiger charge is 2.01. The van der Waals surface area contributed by atoms with Gasteiger partial charge in [-0.1, -0.05) is 12.1 Å². The number of nitrogen functional groups attached to an aromatic ring is 1. The lowest BCUT2D eigenvalue weighted by molar-refractivity contribution is 0.318. The van der Waals surface area contributed by atoms with Crippen LogP contribution in [0.1, 0.15) is 23.1 Å².